The van der Waals surface area contributed by atoms with Crippen LogP contribution >= 0.6 is 0 Å². The minimum Gasteiger partial charge on any atom is -0.385 e. The Bertz CT molecular complexity index is 253. The maximum atomic E-state index is 5.24. The highest BCUT2D eigenvalue weighted by Crippen LogP contribution is 2.35. The lowest BCUT2D eigenvalue weighted by Crippen LogP contribution is -2.61. The highest BCUT2D eigenvalue weighted by Gasteiger charge is 2.39. The highest BCUT2D eigenvalue weighted by atomic mass is 16.5. The molecule has 1 saturated carbocycles. The van der Waals surface area contributed by atoms with E-state index in [1.165, 1.54) is 19.4 Å². The van der Waals surface area contributed by atoms with E-state index in [4.69, 9.17) is 4.74 Å². The summed E-state index contributed by atoms with van der Waals surface area (Å²) < 4.78 is 5.24. The number of ether oxygens (including phenoxy) is 1. The van der Waals surface area contributed by atoms with Crippen molar-refractivity contribution < 1.29 is 4.74 Å². The molecule has 0 aromatic heterocycles. The molecule has 0 amide bonds. The van der Waals surface area contributed by atoms with Crippen molar-refractivity contribution in [2.75, 3.05) is 26.8 Å². The number of rotatable bonds is 6. The maximum absolute atomic E-state index is 5.24. The standard InChI is InChI=1S/C15H30N2O/c1-11(2)15-9-16-14(13-5-6-13)10-17(15)12(3)7-8-18-4/h11-16H,5-10H2,1-4H3. The summed E-state index contributed by atoms with van der Waals surface area (Å²) in [6.45, 7) is 10.3. The van der Waals surface area contributed by atoms with Crippen LogP contribution in [0.5, 0.6) is 0 Å². The summed E-state index contributed by atoms with van der Waals surface area (Å²) >= 11 is 0. The summed E-state index contributed by atoms with van der Waals surface area (Å²) in [5, 5.41) is 3.78. The fourth-order valence-electron chi connectivity index (χ4n) is 3.21. The predicted octanol–water partition coefficient (Wildman–Crippen LogP) is 2.12. The van der Waals surface area contributed by atoms with E-state index in [0.717, 1.165) is 37.5 Å². The lowest BCUT2D eigenvalue weighted by atomic mass is 9.94. The smallest absolute Gasteiger partial charge is 0.0477 e. The molecule has 3 nitrogen and oxygen atoms in total. The van der Waals surface area contributed by atoms with Gasteiger partial charge in [-0.05, 0) is 38.0 Å². The Balaban J connectivity index is 1.94. The Morgan fingerprint density at radius 1 is 1.28 bits per heavy atom. The molecule has 1 N–H and O–H groups in total. The molecule has 0 bridgehead atoms. The fourth-order valence-corrected chi connectivity index (χ4v) is 3.21. The average molecular weight is 254 g/mol. The van der Waals surface area contributed by atoms with Gasteiger partial charge in [0, 0.05) is 44.9 Å². The van der Waals surface area contributed by atoms with Crippen LogP contribution in [0, 0.1) is 11.8 Å². The second-order valence-corrected chi connectivity index (χ2v) is 6.49. The monoisotopic (exact) mass is 254 g/mol. The molecule has 2 rings (SSSR count). The van der Waals surface area contributed by atoms with Crippen molar-refractivity contribution in [1.82, 2.24) is 10.2 Å². The van der Waals surface area contributed by atoms with E-state index < -0.39 is 0 Å². The van der Waals surface area contributed by atoms with Crippen molar-refractivity contribution in [3.05, 3.63) is 0 Å². The molecule has 18 heavy (non-hydrogen) atoms. The van der Waals surface area contributed by atoms with Gasteiger partial charge in [0.1, 0.15) is 0 Å². The minimum absolute atomic E-state index is 0.640. The molecule has 2 fully saturated rings. The van der Waals surface area contributed by atoms with Gasteiger partial charge in [-0.2, -0.15) is 0 Å². The van der Waals surface area contributed by atoms with Gasteiger partial charge in [0.2, 0.25) is 0 Å². The molecule has 2 aliphatic rings. The van der Waals surface area contributed by atoms with Gasteiger partial charge in [-0.3, -0.25) is 4.90 Å². The quantitative estimate of drug-likeness (QED) is 0.786. The van der Waals surface area contributed by atoms with E-state index in [1.807, 2.05) is 0 Å². The molecule has 0 spiro atoms. The van der Waals surface area contributed by atoms with Crippen LogP contribution in [0.3, 0.4) is 0 Å². The summed E-state index contributed by atoms with van der Waals surface area (Å²) in [7, 11) is 1.80. The molecule has 0 radical (unpaired) electrons. The molecule has 3 atom stereocenters. The van der Waals surface area contributed by atoms with Crippen molar-refractivity contribution in [3.8, 4) is 0 Å². The summed E-state index contributed by atoms with van der Waals surface area (Å²) in [4.78, 5) is 2.74. The van der Waals surface area contributed by atoms with Crippen molar-refractivity contribution in [3.63, 3.8) is 0 Å². The summed E-state index contributed by atoms with van der Waals surface area (Å²) in [6, 6.07) is 2.07. The number of nitrogens with zero attached hydrogens (tertiary/aromatic N) is 1. The van der Waals surface area contributed by atoms with Crippen LogP contribution < -0.4 is 5.32 Å². The van der Waals surface area contributed by atoms with Gasteiger partial charge in [-0.1, -0.05) is 13.8 Å². The second kappa shape index (κ2) is 6.36. The van der Waals surface area contributed by atoms with Crippen LogP contribution in [0.1, 0.15) is 40.0 Å². The van der Waals surface area contributed by atoms with E-state index in [-0.39, 0.29) is 0 Å². The Morgan fingerprint density at radius 2 is 2.00 bits per heavy atom. The summed E-state index contributed by atoms with van der Waals surface area (Å²) in [5.41, 5.74) is 0. The molecule has 3 heteroatoms. The average Bonchev–Trinajstić information content (AvgIpc) is 3.19. The third-order valence-corrected chi connectivity index (χ3v) is 4.69. The molecule has 0 aromatic rings. The van der Waals surface area contributed by atoms with Crippen molar-refractivity contribution in [2.24, 2.45) is 11.8 Å². The van der Waals surface area contributed by atoms with E-state index >= 15 is 0 Å². The van der Waals surface area contributed by atoms with Crippen molar-refractivity contribution in [1.29, 1.82) is 0 Å². The zero-order chi connectivity index (χ0) is 13.1. The van der Waals surface area contributed by atoms with Gasteiger partial charge in [0.05, 0.1) is 0 Å². The molecular weight excluding hydrogens is 224 g/mol. The number of methoxy groups -OCH3 is 1. The highest BCUT2D eigenvalue weighted by molar-refractivity contribution is 4.96. The van der Waals surface area contributed by atoms with Gasteiger partial charge in [-0.25, -0.2) is 0 Å². The summed E-state index contributed by atoms with van der Waals surface area (Å²) in [6.07, 6.45) is 4.02. The largest absolute Gasteiger partial charge is 0.385 e. The van der Waals surface area contributed by atoms with E-state index in [9.17, 15) is 0 Å². The zero-order valence-corrected chi connectivity index (χ0v) is 12.5. The van der Waals surface area contributed by atoms with Crippen molar-refractivity contribution >= 4 is 0 Å². The topological polar surface area (TPSA) is 24.5 Å². The van der Waals surface area contributed by atoms with Crippen LogP contribution in [0.4, 0.5) is 0 Å². The van der Waals surface area contributed by atoms with Gasteiger partial charge in [-0.15, -0.1) is 0 Å². The van der Waals surface area contributed by atoms with Crippen molar-refractivity contribution in [2.45, 2.75) is 58.2 Å². The fraction of sp³-hybridized carbons (Fsp3) is 1.00. The molecule has 1 saturated heterocycles. The first-order chi connectivity index (χ1) is 8.63. The van der Waals surface area contributed by atoms with Crippen LogP contribution in [0.2, 0.25) is 0 Å². The maximum Gasteiger partial charge on any atom is 0.0477 e. The molecule has 1 heterocycles. The van der Waals surface area contributed by atoms with Crippen LogP contribution in [-0.4, -0.2) is 49.8 Å². The SMILES string of the molecule is COCCC(C)N1CC(C2CC2)NCC1C(C)C. The van der Waals surface area contributed by atoms with Gasteiger partial charge in [0.15, 0.2) is 0 Å². The number of piperazine rings is 1. The van der Waals surface area contributed by atoms with Crippen LogP contribution in [0.25, 0.3) is 0 Å². The number of hydrogen-bond donors (Lipinski definition) is 1. The van der Waals surface area contributed by atoms with Gasteiger partial charge < -0.3 is 10.1 Å². The zero-order valence-electron chi connectivity index (χ0n) is 12.5. The lowest BCUT2D eigenvalue weighted by Gasteiger charge is -2.45. The molecule has 1 aliphatic heterocycles. The third-order valence-electron chi connectivity index (χ3n) is 4.69. The first-order valence-corrected chi connectivity index (χ1v) is 7.61. The molecule has 1 aliphatic carbocycles. The van der Waals surface area contributed by atoms with Crippen LogP contribution in [-0.2, 0) is 4.74 Å². The minimum atomic E-state index is 0.640. The molecular formula is C15H30N2O. The number of nitrogens with one attached hydrogen (secondary N) is 1. The van der Waals surface area contributed by atoms with Gasteiger partial charge >= 0.3 is 0 Å². The Morgan fingerprint density at radius 3 is 2.56 bits per heavy atom. The Labute approximate surface area is 112 Å². The van der Waals surface area contributed by atoms with Crippen LogP contribution in [0.15, 0.2) is 0 Å². The Hall–Kier alpha value is -0.120. The van der Waals surface area contributed by atoms with E-state index in [2.05, 4.69) is 31.0 Å². The first kappa shape index (κ1) is 14.3. The molecule has 3 unspecified atom stereocenters. The molecule has 106 valence electrons. The summed E-state index contributed by atoms with van der Waals surface area (Å²) in [5.74, 6) is 1.68. The van der Waals surface area contributed by atoms with E-state index in [0.29, 0.717) is 12.1 Å². The predicted molar refractivity (Wildman–Crippen MR) is 75.8 cm³/mol. The van der Waals surface area contributed by atoms with E-state index in [1.54, 1.807) is 7.11 Å². The normalized spacial score (nSPS) is 31.8. The second-order valence-electron chi connectivity index (χ2n) is 6.49. The lowest BCUT2D eigenvalue weighted by molar-refractivity contribution is 0.0426. The first-order valence-electron chi connectivity index (χ1n) is 7.61. The van der Waals surface area contributed by atoms with Gasteiger partial charge in [0.25, 0.3) is 0 Å². The Kier molecular flexibility index (Phi) is 5.05. The number of hydrogen-bond acceptors (Lipinski definition) is 3. The molecule has 0 aromatic carbocycles. The third kappa shape index (κ3) is 3.46.